The first kappa shape index (κ1) is 16.8. The van der Waals surface area contributed by atoms with Gasteiger partial charge >= 0.3 is 12.1 Å². The van der Waals surface area contributed by atoms with E-state index in [0.29, 0.717) is 12.1 Å². The van der Waals surface area contributed by atoms with Crippen LogP contribution in [0.3, 0.4) is 0 Å². The number of carbonyl (C=O) groups excluding carboxylic acids is 2. The number of benzene rings is 1. The van der Waals surface area contributed by atoms with Crippen LogP contribution in [0.1, 0.15) is 22.8 Å². The maximum absolute atomic E-state index is 12.9. The molecule has 21 heavy (non-hydrogen) atoms. The normalized spacial score (nSPS) is 10.9. The summed E-state index contributed by atoms with van der Waals surface area (Å²) in [7, 11) is 0. The van der Waals surface area contributed by atoms with Gasteiger partial charge in [-0.3, -0.25) is 9.59 Å². The SMILES string of the molecule is CC(=O)Oc1cc(Cl)c(C(=O)N=C(N)N)cc1C(F)(F)F. The van der Waals surface area contributed by atoms with Crippen LogP contribution < -0.4 is 16.2 Å². The number of aliphatic imine (C=N–C) groups is 1. The molecule has 0 aliphatic carbocycles. The van der Waals surface area contributed by atoms with Crippen LogP contribution in [0, 0.1) is 0 Å². The Bertz CT molecular complexity index is 625. The molecule has 0 saturated carbocycles. The number of nitrogens with two attached hydrogens (primary N) is 2. The Morgan fingerprint density at radius 3 is 2.29 bits per heavy atom. The third-order valence-corrected chi connectivity index (χ3v) is 2.40. The molecule has 0 saturated heterocycles. The van der Waals surface area contributed by atoms with Crippen LogP contribution in [0.25, 0.3) is 0 Å². The smallest absolute Gasteiger partial charge is 0.420 e. The zero-order valence-corrected chi connectivity index (χ0v) is 11.2. The summed E-state index contributed by atoms with van der Waals surface area (Å²) in [6, 6.07) is 1.11. The van der Waals surface area contributed by atoms with Gasteiger partial charge in [-0.1, -0.05) is 11.6 Å². The quantitative estimate of drug-likeness (QED) is 0.373. The molecule has 0 aliphatic heterocycles. The molecule has 0 aliphatic rings. The minimum atomic E-state index is -4.87. The van der Waals surface area contributed by atoms with Gasteiger partial charge in [0.1, 0.15) is 5.75 Å². The van der Waals surface area contributed by atoms with Crippen molar-refractivity contribution in [3.05, 3.63) is 28.3 Å². The van der Waals surface area contributed by atoms with Gasteiger partial charge in [-0.15, -0.1) is 0 Å². The van der Waals surface area contributed by atoms with E-state index in [1.165, 1.54) is 0 Å². The number of hydrogen-bond donors (Lipinski definition) is 2. The van der Waals surface area contributed by atoms with E-state index < -0.39 is 45.9 Å². The first-order valence-corrected chi connectivity index (χ1v) is 5.63. The fraction of sp³-hybridized carbons (Fsp3) is 0.182. The molecule has 1 amide bonds. The Balaban J connectivity index is 3.48. The van der Waals surface area contributed by atoms with Gasteiger partial charge in [0.2, 0.25) is 0 Å². The van der Waals surface area contributed by atoms with E-state index in [0.717, 1.165) is 6.92 Å². The fourth-order valence-corrected chi connectivity index (χ4v) is 1.59. The number of rotatable bonds is 2. The van der Waals surface area contributed by atoms with Crippen LogP contribution in [0.15, 0.2) is 17.1 Å². The van der Waals surface area contributed by atoms with Crippen molar-refractivity contribution in [1.82, 2.24) is 0 Å². The molecule has 1 rings (SSSR count). The van der Waals surface area contributed by atoms with E-state index in [9.17, 15) is 22.8 Å². The van der Waals surface area contributed by atoms with E-state index in [2.05, 4.69) is 9.73 Å². The molecule has 0 bridgehead atoms. The molecule has 0 fully saturated rings. The lowest BCUT2D eigenvalue weighted by Gasteiger charge is -2.14. The highest BCUT2D eigenvalue weighted by Crippen LogP contribution is 2.39. The zero-order chi connectivity index (χ0) is 16.4. The van der Waals surface area contributed by atoms with Gasteiger partial charge in [0.25, 0.3) is 5.91 Å². The Hall–Kier alpha value is -2.29. The number of guanidine groups is 1. The lowest BCUT2D eigenvalue weighted by atomic mass is 10.1. The third-order valence-electron chi connectivity index (χ3n) is 2.09. The van der Waals surface area contributed by atoms with E-state index >= 15 is 0 Å². The minimum Gasteiger partial charge on any atom is -0.426 e. The number of halogens is 4. The van der Waals surface area contributed by atoms with Crippen LogP contribution in [-0.4, -0.2) is 17.8 Å². The minimum absolute atomic E-state index is 0.394. The second kappa shape index (κ2) is 6.00. The lowest BCUT2D eigenvalue weighted by molar-refractivity contribution is -0.141. The average Bonchev–Trinajstić information content (AvgIpc) is 2.24. The van der Waals surface area contributed by atoms with Crippen LogP contribution in [0.5, 0.6) is 5.75 Å². The second-order valence-electron chi connectivity index (χ2n) is 3.76. The van der Waals surface area contributed by atoms with Gasteiger partial charge in [-0.2, -0.15) is 18.2 Å². The molecule has 0 unspecified atom stereocenters. The van der Waals surface area contributed by atoms with Gasteiger partial charge < -0.3 is 16.2 Å². The van der Waals surface area contributed by atoms with Crippen molar-refractivity contribution in [2.24, 2.45) is 16.5 Å². The van der Waals surface area contributed by atoms with Crippen LogP contribution in [0.2, 0.25) is 5.02 Å². The Kier molecular flexibility index (Phi) is 4.79. The molecule has 0 radical (unpaired) electrons. The summed E-state index contributed by atoms with van der Waals surface area (Å²) in [6.07, 6.45) is -4.87. The molecule has 10 heteroatoms. The molecule has 0 aromatic heterocycles. The van der Waals surface area contributed by atoms with Crippen LogP contribution >= 0.6 is 11.6 Å². The summed E-state index contributed by atoms with van der Waals surface area (Å²) >= 11 is 5.68. The van der Waals surface area contributed by atoms with Crippen molar-refractivity contribution in [3.8, 4) is 5.75 Å². The summed E-state index contributed by atoms with van der Waals surface area (Å²) < 4.78 is 43.1. The van der Waals surface area contributed by atoms with Crippen LogP contribution in [-0.2, 0) is 11.0 Å². The van der Waals surface area contributed by atoms with E-state index in [1.807, 2.05) is 0 Å². The van der Waals surface area contributed by atoms with E-state index in [4.69, 9.17) is 23.1 Å². The molecule has 0 atom stereocenters. The van der Waals surface area contributed by atoms with E-state index in [1.54, 1.807) is 0 Å². The van der Waals surface area contributed by atoms with Crippen molar-refractivity contribution in [2.45, 2.75) is 13.1 Å². The van der Waals surface area contributed by atoms with Gasteiger partial charge in [-0.05, 0) is 6.07 Å². The Morgan fingerprint density at radius 1 is 1.29 bits per heavy atom. The highest BCUT2D eigenvalue weighted by molar-refractivity contribution is 6.34. The van der Waals surface area contributed by atoms with Crippen molar-refractivity contribution >= 4 is 29.4 Å². The number of ether oxygens (including phenoxy) is 1. The van der Waals surface area contributed by atoms with Crippen molar-refractivity contribution in [1.29, 1.82) is 0 Å². The first-order chi connectivity index (χ1) is 9.52. The van der Waals surface area contributed by atoms with Crippen molar-refractivity contribution in [3.63, 3.8) is 0 Å². The largest absolute Gasteiger partial charge is 0.426 e. The number of alkyl halides is 3. The average molecular weight is 324 g/mol. The number of hydrogen-bond acceptors (Lipinski definition) is 3. The Labute approximate surface area is 121 Å². The highest BCUT2D eigenvalue weighted by Gasteiger charge is 2.36. The highest BCUT2D eigenvalue weighted by atomic mass is 35.5. The molecule has 0 spiro atoms. The Morgan fingerprint density at radius 2 is 1.86 bits per heavy atom. The molecule has 1 aromatic rings. The van der Waals surface area contributed by atoms with Crippen molar-refractivity contribution < 1.29 is 27.5 Å². The molecule has 0 heterocycles. The first-order valence-electron chi connectivity index (χ1n) is 5.25. The zero-order valence-electron chi connectivity index (χ0n) is 10.5. The van der Waals surface area contributed by atoms with Gasteiger partial charge in [0.15, 0.2) is 5.96 Å². The van der Waals surface area contributed by atoms with Gasteiger partial charge in [0, 0.05) is 13.0 Å². The molecular formula is C11H9ClF3N3O3. The third kappa shape index (κ3) is 4.35. The topological polar surface area (TPSA) is 108 Å². The summed E-state index contributed by atoms with van der Waals surface area (Å²) in [5.74, 6) is -3.57. The number of nitrogens with zero attached hydrogens (tertiary/aromatic N) is 1. The summed E-state index contributed by atoms with van der Waals surface area (Å²) in [5, 5.41) is -0.394. The molecule has 4 N–H and O–H groups in total. The number of amides is 1. The van der Waals surface area contributed by atoms with E-state index in [-0.39, 0.29) is 0 Å². The van der Waals surface area contributed by atoms with Crippen molar-refractivity contribution in [2.75, 3.05) is 0 Å². The summed E-state index contributed by atoms with van der Waals surface area (Å²) in [6.45, 7) is 0.923. The predicted octanol–water partition coefficient (Wildman–Crippen LogP) is 1.70. The maximum Gasteiger partial charge on any atom is 0.420 e. The molecule has 114 valence electrons. The van der Waals surface area contributed by atoms with Gasteiger partial charge in [0.05, 0.1) is 16.1 Å². The van der Waals surface area contributed by atoms with Crippen LogP contribution in [0.4, 0.5) is 13.2 Å². The maximum atomic E-state index is 12.9. The number of carbonyl (C=O) groups is 2. The standard InChI is InChI=1S/C11H9ClF3N3O3/c1-4(19)21-8-3-7(12)5(9(20)18-10(16)17)2-6(8)11(13,14)15/h2-3H,1H3,(H4,16,17,18,20). The molecular weight excluding hydrogens is 315 g/mol. The predicted molar refractivity (Wildman–Crippen MR) is 67.9 cm³/mol. The number of esters is 1. The van der Waals surface area contributed by atoms with Gasteiger partial charge in [-0.25, -0.2) is 0 Å². The molecule has 1 aromatic carbocycles. The summed E-state index contributed by atoms with van der Waals surface area (Å²) in [4.78, 5) is 25.5. The molecule has 6 nitrogen and oxygen atoms in total. The lowest BCUT2D eigenvalue weighted by Crippen LogP contribution is -2.24. The summed E-state index contributed by atoms with van der Waals surface area (Å²) in [5.41, 5.74) is 8.02. The second-order valence-corrected chi connectivity index (χ2v) is 4.17. The monoisotopic (exact) mass is 323 g/mol. The fourth-order valence-electron chi connectivity index (χ4n) is 1.36.